The number of hydrogen-bond donors (Lipinski definition) is 0. The van der Waals surface area contributed by atoms with E-state index in [9.17, 15) is 0 Å². The maximum Gasteiger partial charge on any atom is 0.243 e. The van der Waals surface area contributed by atoms with Gasteiger partial charge in [-0.3, -0.25) is 9.80 Å². The summed E-state index contributed by atoms with van der Waals surface area (Å²) < 4.78 is 7.59. The van der Waals surface area contributed by atoms with Gasteiger partial charge in [-0.15, -0.1) is 10.2 Å². The van der Waals surface area contributed by atoms with Crippen LogP contribution in [0.15, 0.2) is 4.52 Å². The van der Waals surface area contributed by atoms with Crippen LogP contribution in [0.1, 0.15) is 62.0 Å². The van der Waals surface area contributed by atoms with Crippen molar-refractivity contribution in [2.75, 3.05) is 26.2 Å². The number of rotatable bonds is 6. The second-order valence-corrected chi connectivity index (χ2v) is 7.20. The Bertz CT molecular complexity index is 712. The van der Waals surface area contributed by atoms with Gasteiger partial charge in [0, 0.05) is 45.6 Å². The predicted molar refractivity (Wildman–Crippen MR) is 91.9 cm³/mol. The van der Waals surface area contributed by atoms with Gasteiger partial charge in [-0.25, -0.2) is 0 Å². The van der Waals surface area contributed by atoms with E-state index in [1.165, 1.54) is 12.8 Å². The summed E-state index contributed by atoms with van der Waals surface area (Å²) in [5, 5.41) is 12.8. The van der Waals surface area contributed by atoms with Crippen LogP contribution >= 0.6 is 0 Å². The third kappa shape index (κ3) is 3.46. The molecule has 0 bridgehead atoms. The Morgan fingerprint density at radius 2 is 1.92 bits per heavy atom. The monoisotopic (exact) mass is 345 g/mol. The molecule has 0 unspecified atom stereocenters. The molecule has 0 radical (unpaired) electrons. The predicted octanol–water partition coefficient (Wildman–Crippen LogP) is 1.52. The van der Waals surface area contributed by atoms with Crippen LogP contribution in [0, 0.1) is 0 Å². The van der Waals surface area contributed by atoms with Crippen molar-refractivity contribution in [3.8, 4) is 0 Å². The summed E-state index contributed by atoms with van der Waals surface area (Å²) in [6, 6.07) is 0.172. The first-order valence-electron chi connectivity index (χ1n) is 9.32. The molecular weight excluding hydrogens is 318 g/mol. The van der Waals surface area contributed by atoms with E-state index < -0.39 is 0 Å². The van der Waals surface area contributed by atoms with Gasteiger partial charge in [-0.1, -0.05) is 12.1 Å². The highest BCUT2D eigenvalue weighted by Gasteiger charge is 2.30. The zero-order chi connectivity index (χ0) is 17.4. The molecule has 8 nitrogen and oxygen atoms in total. The summed E-state index contributed by atoms with van der Waals surface area (Å²) in [5.74, 6) is 4.39. The van der Waals surface area contributed by atoms with Crippen LogP contribution in [-0.4, -0.2) is 60.9 Å². The quantitative estimate of drug-likeness (QED) is 0.785. The molecule has 0 N–H and O–H groups in total. The van der Waals surface area contributed by atoms with Crippen molar-refractivity contribution in [2.24, 2.45) is 7.05 Å². The van der Waals surface area contributed by atoms with Crippen LogP contribution in [0.4, 0.5) is 0 Å². The smallest absolute Gasteiger partial charge is 0.243 e. The second-order valence-electron chi connectivity index (χ2n) is 7.20. The van der Waals surface area contributed by atoms with E-state index in [-0.39, 0.29) is 6.04 Å². The van der Waals surface area contributed by atoms with Crippen LogP contribution in [0.3, 0.4) is 0 Å². The first kappa shape index (κ1) is 16.7. The number of aromatic nitrogens is 5. The molecular formula is C17H27N7O. The molecule has 1 aliphatic heterocycles. The van der Waals surface area contributed by atoms with E-state index in [4.69, 9.17) is 4.52 Å². The van der Waals surface area contributed by atoms with Crippen molar-refractivity contribution < 1.29 is 4.52 Å². The van der Waals surface area contributed by atoms with Gasteiger partial charge in [0.1, 0.15) is 11.6 Å². The first-order valence-corrected chi connectivity index (χ1v) is 9.32. The van der Waals surface area contributed by atoms with Crippen LogP contribution in [0.25, 0.3) is 0 Å². The summed E-state index contributed by atoms with van der Waals surface area (Å²) >= 11 is 0. The second kappa shape index (κ2) is 6.84. The molecule has 25 heavy (non-hydrogen) atoms. The Labute approximate surface area is 148 Å². The van der Waals surface area contributed by atoms with Gasteiger partial charge < -0.3 is 9.09 Å². The van der Waals surface area contributed by atoms with Gasteiger partial charge in [-0.05, 0) is 19.8 Å². The van der Waals surface area contributed by atoms with Crippen LogP contribution in [0.5, 0.6) is 0 Å². The Kier molecular flexibility index (Phi) is 4.56. The van der Waals surface area contributed by atoms with Crippen molar-refractivity contribution in [2.45, 2.75) is 51.6 Å². The number of nitrogens with zero attached hydrogens (tertiary/aromatic N) is 7. The number of hydrogen-bond acceptors (Lipinski definition) is 7. The van der Waals surface area contributed by atoms with Crippen molar-refractivity contribution in [1.82, 2.24) is 34.7 Å². The molecule has 1 saturated heterocycles. The van der Waals surface area contributed by atoms with Gasteiger partial charge in [0.15, 0.2) is 5.82 Å². The number of aryl methyl sites for hydroxylation is 1. The molecule has 2 fully saturated rings. The van der Waals surface area contributed by atoms with E-state index in [0.717, 1.165) is 62.5 Å². The van der Waals surface area contributed by atoms with Crippen LogP contribution in [-0.2, 0) is 20.0 Å². The highest BCUT2D eigenvalue weighted by atomic mass is 16.5. The van der Waals surface area contributed by atoms with Gasteiger partial charge in [-0.2, -0.15) is 4.98 Å². The van der Waals surface area contributed by atoms with Gasteiger partial charge in [0.2, 0.25) is 5.89 Å². The molecule has 0 spiro atoms. The standard InChI is InChI=1S/C17H27N7O/c1-4-14-18-17(25-21-14)12(2)24-9-7-23(8-10-24)11-15-19-20-16(22(15)3)13-5-6-13/h12-13H,4-11H2,1-3H3/t12-/m1/s1. The van der Waals surface area contributed by atoms with Crippen LogP contribution in [0.2, 0.25) is 0 Å². The Morgan fingerprint density at radius 3 is 2.56 bits per heavy atom. The minimum Gasteiger partial charge on any atom is -0.338 e. The minimum absolute atomic E-state index is 0.172. The topological polar surface area (TPSA) is 76.1 Å². The van der Waals surface area contributed by atoms with Gasteiger partial charge >= 0.3 is 0 Å². The van der Waals surface area contributed by atoms with E-state index in [1.807, 2.05) is 6.92 Å². The van der Waals surface area contributed by atoms with Crippen molar-refractivity contribution >= 4 is 0 Å². The summed E-state index contributed by atoms with van der Waals surface area (Å²) in [5.41, 5.74) is 0. The molecule has 2 aromatic heterocycles. The summed E-state index contributed by atoms with van der Waals surface area (Å²) in [6.07, 6.45) is 3.33. The molecule has 1 saturated carbocycles. The number of piperazine rings is 1. The Morgan fingerprint density at radius 1 is 1.16 bits per heavy atom. The highest BCUT2D eigenvalue weighted by Crippen LogP contribution is 2.38. The highest BCUT2D eigenvalue weighted by molar-refractivity contribution is 5.07. The molecule has 0 aromatic carbocycles. The summed E-state index contributed by atoms with van der Waals surface area (Å²) in [7, 11) is 2.10. The molecule has 8 heteroatoms. The fourth-order valence-electron chi connectivity index (χ4n) is 3.46. The first-order chi connectivity index (χ1) is 12.2. The third-order valence-corrected chi connectivity index (χ3v) is 5.42. The lowest BCUT2D eigenvalue weighted by atomic mass is 10.2. The average Bonchev–Trinajstić information content (AvgIpc) is 3.25. The van der Waals surface area contributed by atoms with Crippen molar-refractivity contribution in [3.63, 3.8) is 0 Å². The molecule has 1 atom stereocenters. The lowest BCUT2D eigenvalue weighted by Crippen LogP contribution is -2.47. The average molecular weight is 345 g/mol. The van der Waals surface area contributed by atoms with E-state index in [1.54, 1.807) is 0 Å². The lowest BCUT2D eigenvalue weighted by Gasteiger charge is -2.36. The summed E-state index contributed by atoms with van der Waals surface area (Å²) in [4.78, 5) is 9.34. The normalized spacial score (nSPS) is 20.9. The fourth-order valence-corrected chi connectivity index (χ4v) is 3.46. The van der Waals surface area contributed by atoms with E-state index in [0.29, 0.717) is 5.92 Å². The Balaban J connectivity index is 1.32. The van der Waals surface area contributed by atoms with Gasteiger partial charge in [0.25, 0.3) is 0 Å². The fraction of sp³-hybridized carbons (Fsp3) is 0.765. The maximum absolute atomic E-state index is 5.40. The molecule has 0 amide bonds. The minimum atomic E-state index is 0.172. The maximum atomic E-state index is 5.40. The van der Waals surface area contributed by atoms with Crippen molar-refractivity contribution in [1.29, 1.82) is 0 Å². The summed E-state index contributed by atoms with van der Waals surface area (Å²) in [6.45, 7) is 9.09. The molecule has 2 aromatic rings. The zero-order valence-electron chi connectivity index (χ0n) is 15.4. The molecule has 1 aliphatic carbocycles. The lowest BCUT2D eigenvalue weighted by molar-refractivity contribution is 0.0826. The molecule has 3 heterocycles. The third-order valence-electron chi connectivity index (χ3n) is 5.42. The largest absolute Gasteiger partial charge is 0.338 e. The SMILES string of the molecule is CCc1noc([C@@H](C)N2CCN(Cc3nnc(C4CC4)n3C)CC2)n1. The molecule has 136 valence electrons. The Hall–Kier alpha value is -1.80. The molecule has 4 rings (SSSR count). The van der Waals surface area contributed by atoms with Crippen LogP contribution < -0.4 is 0 Å². The van der Waals surface area contributed by atoms with Crippen molar-refractivity contribution in [3.05, 3.63) is 23.4 Å². The van der Waals surface area contributed by atoms with Gasteiger partial charge in [0.05, 0.1) is 12.6 Å². The molecule has 2 aliphatic rings. The zero-order valence-corrected chi connectivity index (χ0v) is 15.4. The van der Waals surface area contributed by atoms with E-state index >= 15 is 0 Å². The van der Waals surface area contributed by atoms with E-state index in [2.05, 4.69) is 48.7 Å².